The molecule has 1 heterocycles. The van der Waals surface area contributed by atoms with E-state index in [1.807, 2.05) is 32.0 Å². The molecule has 0 aliphatic rings. The lowest BCUT2D eigenvalue weighted by Crippen LogP contribution is -2.39. The number of hydrogen-bond acceptors (Lipinski definition) is 3. The van der Waals surface area contributed by atoms with Gasteiger partial charge in [0.1, 0.15) is 0 Å². The van der Waals surface area contributed by atoms with E-state index in [0.717, 1.165) is 12.0 Å². The van der Waals surface area contributed by atoms with Crippen molar-refractivity contribution in [2.45, 2.75) is 45.8 Å². The van der Waals surface area contributed by atoms with Gasteiger partial charge in [-0.3, -0.25) is 14.6 Å². The van der Waals surface area contributed by atoms with Crippen LogP contribution in [0.3, 0.4) is 0 Å². The second kappa shape index (κ2) is 8.67. The van der Waals surface area contributed by atoms with Crippen molar-refractivity contribution in [3.63, 3.8) is 0 Å². The molecule has 0 bridgehead atoms. The molecule has 0 aliphatic heterocycles. The van der Waals surface area contributed by atoms with Gasteiger partial charge >= 0.3 is 5.69 Å². The van der Waals surface area contributed by atoms with Gasteiger partial charge in [0.2, 0.25) is 5.91 Å². The van der Waals surface area contributed by atoms with E-state index in [-0.39, 0.29) is 24.9 Å². The van der Waals surface area contributed by atoms with E-state index in [9.17, 15) is 14.4 Å². The number of rotatable bonds is 7. The van der Waals surface area contributed by atoms with Gasteiger partial charge in [0.15, 0.2) is 0 Å². The van der Waals surface area contributed by atoms with E-state index in [2.05, 4.69) is 4.98 Å². The van der Waals surface area contributed by atoms with Gasteiger partial charge in [-0.15, -0.1) is 0 Å². The fourth-order valence-corrected chi connectivity index (χ4v) is 2.74. The molecular weight excluding hydrogens is 342 g/mol. The number of aryl methyl sites for hydroxylation is 1. The molecule has 1 atom stereocenters. The zero-order valence-electron chi connectivity index (χ0n) is 14.4. The van der Waals surface area contributed by atoms with Gasteiger partial charge in [0.25, 0.3) is 5.56 Å². The minimum absolute atomic E-state index is 0.0487. The van der Waals surface area contributed by atoms with Gasteiger partial charge in [-0.2, -0.15) is 0 Å². The van der Waals surface area contributed by atoms with Crippen LogP contribution in [0.2, 0.25) is 5.02 Å². The van der Waals surface area contributed by atoms with Gasteiger partial charge in [0.05, 0.1) is 0 Å². The molecule has 6 nitrogen and oxygen atoms in total. The van der Waals surface area contributed by atoms with Crippen molar-refractivity contribution in [3.05, 3.63) is 68.0 Å². The molecule has 134 valence electrons. The van der Waals surface area contributed by atoms with Gasteiger partial charge < -0.3 is 9.47 Å². The van der Waals surface area contributed by atoms with Crippen LogP contribution in [0.5, 0.6) is 0 Å². The van der Waals surface area contributed by atoms with E-state index in [0.29, 0.717) is 11.6 Å². The third kappa shape index (κ3) is 5.32. The third-order valence-electron chi connectivity index (χ3n) is 4.15. The molecule has 0 saturated heterocycles. The Morgan fingerprint density at radius 3 is 2.72 bits per heavy atom. The first kappa shape index (κ1) is 19.0. The van der Waals surface area contributed by atoms with Crippen molar-refractivity contribution < 1.29 is 4.79 Å². The smallest absolute Gasteiger partial charge is 0.328 e. The molecule has 0 spiro atoms. The Kier molecular flexibility index (Phi) is 6.58. The number of nitrogens with zero attached hydrogens (tertiary/aromatic N) is 2. The van der Waals surface area contributed by atoms with Crippen LogP contribution in [0.4, 0.5) is 0 Å². The largest absolute Gasteiger partial charge is 0.336 e. The molecule has 0 radical (unpaired) electrons. The molecule has 2 aromatic rings. The highest BCUT2D eigenvalue weighted by molar-refractivity contribution is 6.30. The first-order valence-electron chi connectivity index (χ1n) is 8.24. The number of carbonyl (C=O) groups excluding carboxylic acids is 1. The maximum atomic E-state index is 12.7. The Balaban J connectivity index is 2.10. The third-order valence-corrected chi connectivity index (χ3v) is 4.38. The molecule has 25 heavy (non-hydrogen) atoms. The van der Waals surface area contributed by atoms with Crippen molar-refractivity contribution in [3.8, 4) is 0 Å². The van der Waals surface area contributed by atoms with Crippen molar-refractivity contribution >= 4 is 17.5 Å². The number of aromatic nitrogens is 2. The quantitative estimate of drug-likeness (QED) is 0.820. The van der Waals surface area contributed by atoms with Crippen LogP contribution in [0.15, 0.2) is 46.1 Å². The summed E-state index contributed by atoms with van der Waals surface area (Å²) in [5.41, 5.74) is 0.00218. The molecular formula is C18H22ClN3O3. The topological polar surface area (TPSA) is 75.2 Å². The number of nitrogens with one attached hydrogen (secondary N) is 1. The Labute approximate surface area is 151 Å². The summed E-state index contributed by atoms with van der Waals surface area (Å²) in [5, 5.41) is 0.633. The van der Waals surface area contributed by atoms with Gasteiger partial charge in [-0.1, -0.05) is 30.7 Å². The summed E-state index contributed by atoms with van der Waals surface area (Å²) in [7, 11) is 0. The van der Waals surface area contributed by atoms with Gasteiger partial charge in [0, 0.05) is 42.8 Å². The minimum Gasteiger partial charge on any atom is -0.336 e. The lowest BCUT2D eigenvalue weighted by atomic mass is 10.1. The molecule has 1 amide bonds. The molecule has 1 aromatic heterocycles. The fraction of sp³-hybridized carbons (Fsp3) is 0.389. The standard InChI is InChI=1S/C18H22ClN3O3/c1-3-13(2)22(12-14-5-4-6-15(19)11-14)17(24)8-10-21-9-7-16(23)20-18(21)25/h4-7,9,11,13H,3,8,10,12H2,1-2H3,(H,20,23,25)/t13-/m0/s1. The minimum atomic E-state index is -0.509. The van der Waals surface area contributed by atoms with E-state index >= 15 is 0 Å². The number of carbonyl (C=O) groups is 1. The number of benzene rings is 1. The van der Waals surface area contributed by atoms with Crippen LogP contribution >= 0.6 is 11.6 Å². The highest BCUT2D eigenvalue weighted by atomic mass is 35.5. The molecule has 2 rings (SSSR count). The van der Waals surface area contributed by atoms with Crippen molar-refractivity contribution in [2.75, 3.05) is 0 Å². The van der Waals surface area contributed by atoms with E-state index in [1.165, 1.54) is 16.8 Å². The predicted octanol–water partition coefficient (Wildman–Crippen LogP) is 2.41. The zero-order chi connectivity index (χ0) is 18.4. The summed E-state index contributed by atoms with van der Waals surface area (Å²) in [6.07, 6.45) is 2.40. The number of aromatic amines is 1. The molecule has 0 aliphatic carbocycles. The van der Waals surface area contributed by atoms with Crippen molar-refractivity contribution in [1.82, 2.24) is 14.5 Å². The number of hydrogen-bond donors (Lipinski definition) is 1. The van der Waals surface area contributed by atoms with E-state index in [1.54, 1.807) is 11.0 Å². The number of H-pyrrole nitrogens is 1. The lowest BCUT2D eigenvalue weighted by Gasteiger charge is -2.29. The summed E-state index contributed by atoms with van der Waals surface area (Å²) >= 11 is 6.02. The molecule has 1 aromatic carbocycles. The molecule has 0 unspecified atom stereocenters. The van der Waals surface area contributed by atoms with E-state index in [4.69, 9.17) is 11.6 Å². The molecule has 1 N–H and O–H groups in total. The Bertz CT molecular complexity index is 844. The highest BCUT2D eigenvalue weighted by Gasteiger charge is 2.19. The zero-order valence-corrected chi connectivity index (χ0v) is 15.1. The van der Waals surface area contributed by atoms with Crippen LogP contribution in [-0.2, 0) is 17.9 Å². The average Bonchev–Trinajstić information content (AvgIpc) is 2.58. The summed E-state index contributed by atoms with van der Waals surface area (Å²) in [5.74, 6) is -0.0487. The summed E-state index contributed by atoms with van der Waals surface area (Å²) in [6.45, 7) is 4.70. The van der Waals surface area contributed by atoms with Crippen LogP contribution < -0.4 is 11.2 Å². The molecule has 7 heteroatoms. The fourth-order valence-electron chi connectivity index (χ4n) is 2.52. The van der Waals surface area contributed by atoms with Gasteiger partial charge in [-0.25, -0.2) is 4.79 Å². The second-order valence-electron chi connectivity index (χ2n) is 5.96. The van der Waals surface area contributed by atoms with Crippen LogP contribution in [-0.4, -0.2) is 26.4 Å². The van der Waals surface area contributed by atoms with Crippen molar-refractivity contribution in [2.24, 2.45) is 0 Å². The Morgan fingerprint density at radius 2 is 2.08 bits per heavy atom. The van der Waals surface area contributed by atoms with Crippen molar-refractivity contribution in [1.29, 1.82) is 0 Å². The number of halogens is 1. The normalized spacial score (nSPS) is 12.0. The maximum Gasteiger partial charge on any atom is 0.328 e. The maximum absolute atomic E-state index is 12.7. The van der Waals surface area contributed by atoms with Crippen LogP contribution in [0.1, 0.15) is 32.3 Å². The molecule has 0 fully saturated rings. The predicted molar refractivity (Wildman–Crippen MR) is 97.7 cm³/mol. The Morgan fingerprint density at radius 1 is 1.32 bits per heavy atom. The Hall–Kier alpha value is -2.34. The van der Waals surface area contributed by atoms with Crippen LogP contribution in [0.25, 0.3) is 0 Å². The monoisotopic (exact) mass is 363 g/mol. The van der Waals surface area contributed by atoms with E-state index < -0.39 is 11.2 Å². The second-order valence-corrected chi connectivity index (χ2v) is 6.40. The summed E-state index contributed by atoms with van der Waals surface area (Å²) in [6, 6.07) is 8.76. The van der Waals surface area contributed by atoms with Gasteiger partial charge in [-0.05, 0) is 31.0 Å². The number of amides is 1. The summed E-state index contributed by atoms with van der Waals surface area (Å²) in [4.78, 5) is 39.5. The summed E-state index contributed by atoms with van der Waals surface area (Å²) < 4.78 is 1.33. The lowest BCUT2D eigenvalue weighted by molar-refractivity contribution is -0.134. The first-order chi connectivity index (χ1) is 11.9. The SMILES string of the molecule is CC[C@H](C)N(Cc1cccc(Cl)c1)C(=O)CCn1ccc(=O)[nH]c1=O. The molecule has 0 saturated carbocycles. The van der Waals surface area contributed by atoms with Crippen LogP contribution in [0, 0.1) is 0 Å². The first-order valence-corrected chi connectivity index (χ1v) is 8.62. The highest BCUT2D eigenvalue weighted by Crippen LogP contribution is 2.16. The average molecular weight is 364 g/mol.